The lowest BCUT2D eigenvalue weighted by Crippen LogP contribution is -2.51. The molecule has 0 aromatic heterocycles. The highest BCUT2D eigenvalue weighted by Gasteiger charge is 2.29. The van der Waals surface area contributed by atoms with Crippen LogP contribution in [0.15, 0.2) is 60.7 Å². The summed E-state index contributed by atoms with van der Waals surface area (Å²) in [5.41, 5.74) is 1.95. The zero-order valence-corrected chi connectivity index (χ0v) is 19.7. The van der Waals surface area contributed by atoms with Gasteiger partial charge in [0.2, 0.25) is 5.91 Å². The number of amides is 2. The molecular formula is C27H31N3O3. The third kappa shape index (κ3) is 4.95. The molecule has 3 aromatic carbocycles. The number of piperazine rings is 1. The van der Waals surface area contributed by atoms with Crippen molar-refractivity contribution in [3.8, 4) is 5.75 Å². The first-order chi connectivity index (χ1) is 15.8. The highest BCUT2D eigenvalue weighted by molar-refractivity contribution is 6.08. The van der Waals surface area contributed by atoms with E-state index in [9.17, 15) is 9.59 Å². The molecule has 0 aliphatic carbocycles. The quantitative estimate of drug-likeness (QED) is 0.627. The lowest BCUT2D eigenvalue weighted by atomic mass is 9.94. The molecular weight excluding hydrogens is 414 g/mol. The van der Waals surface area contributed by atoms with Gasteiger partial charge in [0.05, 0.1) is 12.7 Å². The van der Waals surface area contributed by atoms with E-state index in [0.717, 1.165) is 48.3 Å². The van der Waals surface area contributed by atoms with Crippen molar-refractivity contribution in [2.24, 2.45) is 5.41 Å². The van der Waals surface area contributed by atoms with Crippen molar-refractivity contribution < 1.29 is 14.3 Å². The second-order valence-electron chi connectivity index (χ2n) is 9.43. The zero-order chi connectivity index (χ0) is 23.6. The normalized spacial score (nSPS) is 14.3. The maximum absolute atomic E-state index is 13.0. The van der Waals surface area contributed by atoms with Crippen molar-refractivity contribution >= 4 is 34.0 Å². The molecule has 0 atom stereocenters. The monoisotopic (exact) mass is 445 g/mol. The number of rotatable bonds is 4. The van der Waals surface area contributed by atoms with Gasteiger partial charge < -0.3 is 19.9 Å². The Morgan fingerprint density at radius 1 is 0.879 bits per heavy atom. The predicted octanol–water partition coefficient (Wildman–Crippen LogP) is 4.80. The molecule has 0 saturated carbocycles. The van der Waals surface area contributed by atoms with Crippen LogP contribution in [0.25, 0.3) is 10.8 Å². The molecule has 4 rings (SSSR count). The summed E-state index contributed by atoms with van der Waals surface area (Å²) in [6, 6.07) is 19.5. The first-order valence-electron chi connectivity index (χ1n) is 11.3. The van der Waals surface area contributed by atoms with E-state index in [1.54, 1.807) is 7.11 Å². The van der Waals surface area contributed by atoms with E-state index in [1.807, 2.05) is 86.3 Å². The van der Waals surface area contributed by atoms with E-state index in [4.69, 9.17) is 4.74 Å². The summed E-state index contributed by atoms with van der Waals surface area (Å²) < 4.78 is 5.46. The number of nitrogens with one attached hydrogen (secondary N) is 1. The summed E-state index contributed by atoms with van der Waals surface area (Å²) in [7, 11) is 1.57. The van der Waals surface area contributed by atoms with Crippen LogP contribution in [-0.4, -0.2) is 50.0 Å². The standard InChI is InChI=1S/C27H31N3O3/c1-27(2,3)26(32)30-15-13-29(14-16-30)22-11-9-21(10-12-22)28-25(31)23-17-19-7-5-6-8-20(19)18-24(23)33-4/h5-12,17-18H,13-16H2,1-4H3,(H,28,31). The molecule has 1 N–H and O–H groups in total. The second kappa shape index (κ2) is 9.14. The average molecular weight is 446 g/mol. The summed E-state index contributed by atoms with van der Waals surface area (Å²) in [6.07, 6.45) is 0. The molecule has 1 heterocycles. The minimum absolute atomic E-state index is 0.198. The van der Waals surface area contributed by atoms with Gasteiger partial charge in [0.1, 0.15) is 5.75 Å². The molecule has 1 fully saturated rings. The van der Waals surface area contributed by atoms with Gasteiger partial charge in [-0.15, -0.1) is 0 Å². The smallest absolute Gasteiger partial charge is 0.259 e. The van der Waals surface area contributed by atoms with Gasteiger partial charge in [-0.3, -0.25) is 9.59 Å². The number of nitrogens with zero attached hydrogens (tertiary/aromatic N) is 2. The van der Waals surface area contributed by atoms with Gasteiger partial charge in [-0.1, -0.05) is 45.0 Å². The van der Waals surface area contributed by atoms with Gasteiger partial charge in [-0.25, -0.2) is 0 Å². The molecule has 1 aliphatic heterocycles. The van der Waals surface area contributed by atoms with E-state index in [0.29, 0.717) is 11.3 Å². The molecule has 172 valence electrons. The first-order valence-corrected chi connectivity index (χ1v) is 11.3. The number of benzene rings is 3. The Morgan fingerprint density at radius 2 is 1.48 bits per heavy atom. The van der Waals surface area contributed by atoms with Gasteiger partial charge in [0.25, 0.3) is 5.91 Å². The number of hydrogen-bond donors (Lipinski definition) is 1. The molecule has 0 bridgehead atoms. The van der Waals surface area contributed by atoms with E-state index in [2.05, 4.69) is 10.2 Å². The fourth-order valence-electron chi connectivity index (χ4n) is 4.16. The maximum atomic E-state index is 13.0. The fraction of sp³-hybridized carbons (Fsp3) is 0.333. The number of carbonyl (C=O) groups excluding carboxylic acids is 2. The highest BCUT2D eigenvalue weighted by Crippen LogP contribution is 2.27. The van der Waals surface area contributed by atoms with Crippen LogP contribution in [0.2, 0.25) is 0 Å². The number of carbonyl (C=O) groups is 2. The predicted molar refractivity (Wildman–Crippen MR) is 133 cm³/mol. The van der Waals surface area contributed by atoms with Gasteiger partial charge in [0.15, 0.2) is 0 Å². The van der Waals surface area contributed by atoms with Crippen LogP contribution in [0.3, 0.4) is 0 Å². The Labute approximate surface area is 195 Å². The minimum Gasteiger partial charge on any atom is -0.496 e. The number of methoxy groups -OCH3 is 1. The SMILES string of the molecule is COc1cc2ccccc2cc1C(=O)Nc1ccc(N2CCN(C(=O)C(C)(C)C)CC2)cc1. The third-order valence-corrected chi connectivity index (χ3v) is 6.01. The lowest BCUT2D eigenvalue weighted by Gasteiger charge is -2.38. The van der Waals surface area contributed by atoms with Crippen LogP contribution < -0.4 is 15.0 Å². The molecule has 33 heavy (non-hydrogen) atoms. The van der Waals surface area contributed by atoms with Gasteiger partial charge >= 0.3 is 0 Å². The van der Waals surface area contributed by atoms with Crippen LogP contribution in [0.1, 0.15) is 31.1 Å². The summed E-state index contributed by atoms with van der Waals surface area (Å²) in [4.78, 5) is 29.7. The van der Waals surface area contributed by atoms with Crippen LogP contribution in [0.4, 0.5) is 11.4 Å². The molecule has 6 nitrogen and oxygen atoms in total. The molecule has 1 saturated heterocycles. The van der Waals surface area contributed by atoms with Gasteiger partial charge in [-0.2, -0.15) is 0 Å². The Morgan fingerprint density at radius 3 is 2.06 bits per heavy atom. The van der Waals surface area contributed by atoms with E-state index in [-0.39, 0.29) is 17.2 Å². The Bertz CT molecular complexity index is 1160. The molecule has 0 radical (unpaired) electrons. The zero-order valence-electron chi connectivity index (χ0n) is 19.7. The van der Waals surface area contributed by atoms with Crippen molar-refractivity contribution in [3.63, 3.8) is 0 Å². The Kier molecular flexibility index (Phi) is 6.27. The molecule has 3 aromatic rings. The van der Waals surface area contributed by atoms with Crippen LogP contribution in [0, 0.1) is 5.41 Å². The maximum Gasteiger partial charge on any atom is 0.259 e. The second-order valence-corrected chi connectivity index (χ2v) is 9.43. The largest absolute Gasteiger partial charge is 0.496 e. The average Bonchev–Trinajstić information content (AvgIpc) is 2.82. The highest BCUT2D eigenvalue weighted by atomic mass is 16.5. The number of ether oxygens (including phenoxy) is 1. The summed E-state index contributed by atoms with van der Waals surface area (Å²) >= 11 is 0. The third-order valence-electron chi connectivity index (χ3n) is 6.01. The van der Waals surface area contributed by atoms with Crippen LogP contribution in [0.5, 0.6) is 5.75 Å². The Balaban J connectivity index is 1.42. The first kappa shape index (κ1) is 22.6. The number of fused-ring (bicyclic) bond motifs is 1. The molecule has 0 spiro atoms. The molecule has 2 amide bonds. The van der Waals surface area contributed by atoms with Crippen molar-refractivity contribution in [1.29, 1.82) is 0 Å². The summed E-state index contributed by atoms with van der Waals surface area (Å²) in [5.74, 6) is 0.537. The lowest BCUT2D eigenvalue weighted by molar-refractivity contribution is -0.139. The number of anilines is 2. The summed E-state index contributed by atoms with van der Waals surface area (Å²) in [6.45, 7) is 8.91. The Hall–Kier alpha value is -3.54. The van der Waals surface area contributed by atoms with Crippen molar-refractivity contribution in [2.45, 2.75) is 20.8 Å². The van der Waals surface area contributed by atoms with Crippen molar-refractivity contribution in [1.82, 2.24) is 4.90 Å². The van der Waals surface area contributed by atoms with E-state index in [1.165, 1.54) is 0 Å². The van der Waals surface area contributed by atoms with Crippen molar-refractivity contribution in [2.75, 3.05) is 43.5 Å². The van der Waals surface area contributed by atoms with Crippen molar-refractivity contribution in [3.05, 3.63) is 66.2 Å². The van der Waals surface area contributed by atoms with E-state index >= 15 is 0 Å². The molecule has 0 unspecified atom stereocenters. The number of hydrogen-bond acceptors (Lipinski definition) is 4. The fourth-order valence-corrected chi connectivity index (χ4v) is 4.16. The summed E-state index contributed by atoms with van der Waals surface area (Å²) in [5, 5.41) is 4.99. The molecule has 6 heteroatoms. The van der Waals surface area contributed by atoms with E-state index < -0.39 is 0 Å². The van der Waals surface area contributed by atoms with Crippen LogP contribution in [-0.2, 0) is 4.79 Å². The van der Waals surface area contributed by atoms with Gasteiger partial charge in [0, 0.05) is 43.0 Å². The van der Waals surface area contributed by atoms with Crippen LogP contribution >= 0.6 is 0 Å². The topological polar surface area (TPSA) is 61.9 Å². The molecule has 1 aliphatic rings. The minimum atomic E-state index is -0.351. The van der Waals surface area contributed by atoms with Gasteiger partial charge in [-0.05, 0) is 47.2 Å².